The minimum atomic E-state index is 0.288. The number of thioether (sulfide) groups is 1. The Labute approximate surface area is 130 Å². The number of benzene rings is 2. The van der Waals surface area contributed by atoms with Gasteiger partial charge in [-0.1, -0.05) is 29.8 Å². The van der Waals surface area contributed by atoms with E-state index in [9.17, 15) is 4.79 Å². The molecule has 2 aromatic carbocycles. The van der Waals surface area contributed by atoms with Crippen LogP contribution < -0.4 is 4.74 Å². The molecule has 0 N–H and O–H groups in total. The van der Waals surface area contributed by atoms with E-state index in [2.05, 4.69) is 31.2 Å². The highest BCUT2D eigenvalue weighted by Crippen LogP contribution is 2.19. The van der Waals surface area contributed by atoms with E-state index >= 15 is 0 Å². The number of Topliss-reactive ketones (excluding diaryl/α,β-unsaturated/α-hetero) is 1. The van der Waals surface area contributed by atoms with Crippen LogP contribution in [0, 0.1) is 6.92 Å². The molecule has 0 atom stereocenters. The van der Waals surface area contributed by atoms with Gasteiger partial charge in [-0.3, -0.25) is 4.79 Å². The van der Waals surface area contributed by atoms with Crippen molar-refractivity contribution in [3.63, 3.8) is 0 Å². The number of aryl methyl sites for hydroxylation is 2. The van der Waals surface area contributed by atoms with Crippen LogP contribution in [-0.4, -0.2) is 18.6 Å². The van der Waals surface area contributed by atoms with Crippen molar-refractivity contribution in [2.45, 2.75) is 24.7 Å². The van der Waals surface area contributed by atoms with Crippen LogP contribution in [0.3, 0.4) is 0 Å². The van der Waals surface area contributed by atoms with Gasteiger partial charge in [-0.05, 0) is 43.2 Å². The zero-order valence-corrected chi connectivity index (χ0v) is 13.3. The van der Waals surface area contributed by atoms with Crippen molar-refractivity contribution in [3.05, 3.63) is 59.7 Å². The van der Waals surface area contributed by atoms with Crippen molar-refractivity contribution in [1.29, 1.82) is 0 Å². The van der Waals surface area contributed by atoms with E-state index in [-0.39, 0.29) is 5.78 Å². The predicted molar refractivity (Wildman–Crippen MR) is 88.2 cm³/mol. The summed E-state index contributed by atoms with van der Waals surface area (Å²) in [5, 5.41) is 0. The Bertz CT molecular complexity index is 573. The standard InChI is InChI=1S/C18H20O2S/c1-14-3-11-18(12-4-14)21-13-16(19)8-5-15-6-9-17(20-2)10-7-15/h3-4,6-7,9-12H,5,8,13H2,1-2H3. The van der Waals surface area contributed by atoms with Gasteiger partial charge in [0.1, 0.15) is 11.5 Å². The normalized spacial score (nSPS) is 10.4. The molecule has 3 heteroatoms. The van der Waals surface area contributed by atoms with E-state index < -0.39 is 0 Å². The van der Waals surface area contributed by atoms with Crippen LogP contribution in [0.1, 0.15) is 17.5 Å². The zero-order chi connectivity index (χ0) is 15.1. The van der Waals surface area contributed by atoms with Crippen molar-refractivity contribution >= 4 is 17.5 Å². The number of ketones is 1. The van der Waals surface area contributed by atoms with Crippen molar-refractivity contribution in [1.82, 2.24) is 0 Å². The van der Waals surface area contributed by atoms with Gasteiger partial charge >= 0.3 is 0 Å². The Morgan fingerprint density at radius 1 is 1.05 bits per heavy atom. The summed E-state index contributed by atoms with van der Waals surface area (Å²) >= 11 is 1.61. The fraction of sp³-hybridized carbons (Fsp3) is 0.278. The molecule has 110 valence electrons. The first-order valence-electron chi connectivity index (χ1n) is 7.01. The second kappa shape index (κ2) is 7.89. The molecule has 0 amide bonds. The number of methoxy groups -OCH3 is 1. The summed E-state index contributed by atoms with van der Waals surface area (Å²) in [6.07, 6.45) is 1.38. The lowest BCUT2D eigenvalue weighted by Crippen LogP contribution is -2.03. The molecule has 2 aromatic rings. The number of carbonyl (C=O) groups is 1. The maximum Gasteiger partial charge on any atom is 0.143 e. The first-order valence-corrected chi connectivity index (χ1v) is 8.00. The van der Waals surface area contributed by atoms with Crippen molar-refractivity contribution in [3.8, 4) is 5.75 Å². The smallest absolute Gasteiger partial charge is 0.143 e. The van der Waals surface area contributed by atoms with Gasteiger partial charge in [-0.2, -0.15) is 0 Å². The van der Waals surface area contributed by atoms with Crippen LogP contribution in [0.15, 0.2) is 53.4 Å². The van der Waals surface area contributed by atoms with Crippen molar-refractivity contribution < 1.29 is 9.53 Å². The molecular formula is C18H20O2S. The minimum absolute atomic E-state index is 0.288. The molecule has 0 aliphatic rings. The number of hydrogen-bond acceptors (Lipinski definition) is 3. The molecule has 0 spiro atoms. The molecule has 0 fully saturated rings. The molecular weight excluding hydrogens is 280 g/mol. The highest BCUT2D eigenvalue weighted by molar-refractivity contribution is 8.00. The number of carbonyl (C=O) groups excluding carboxylic acids is 1. The van der Waals surface area contributed by atoms with Gasteiger partial charge in [0.25, 0.3) is 0 Å². The first-order chi connectivity index (χ1) is 10.2. The third kappa shape index (κ3) is 5.27. The summed E-state index contributed by atoms with van der Waals surface area (Å²) in [6, 6.07) is 16.2. The van der Waals surface area contributed by atoms with Gasteiger partial charge in [0.05, 0.1) is 12.9 Å². The third-order valence-corrected chi connectivity index (χ3v) is 4.34. The highest BCUT2D eigenvalue weighted by atomic mass is 32.2. The average molecular weight is 300 g/mol. The Morgan fingerprint density at radius 3 is 2.33 bits per heavy atom. The Morgan fingerprint density at radius 2 is 1.71 bits per heavy atom. The Kier molecular flexibility index (Phi) is 5.88. The summed E-state index contributed by atoms with van der Waals surface area (Å²) in [5.41, 5.74) is 2.41. The molecule has 0 bridgehead atoms. The molecule has 0 aromatic heterocycles. The lowest BCUT2D eigenvalue weighted by atomic mass is 10.1. The van der Waals surface area contributed by atoms with Crippen LogP contribution in [0.4, 0.5) is 0 Å². The number of ether oxygens (including phenoxy) is 1. The fourth-order valence-electron chi connectivity index (χ4n) is 1.95. The van der Waals surface area contributed by atoms with E-state index in [1.165, 1.54) is 11.1 Å². The molecule has 2 nitrogen and oxygen atoms in total. The van der Waals surface area contributed by atoms with Gasteiger partial charge in [-0.25, -0.2) is 0 Å². The molecule has 0 saturated carbocycles. The van der Waals surface area contributed by atoms with E-state index in [4.69, 9.17) is 4.74 Å². The van der Waals surface area contributed by atoms with E-state index in [1.54, 1.807) is 18.9 Å². The van der Waals surface area contributed by atoms with E-state index in [0.717, 1.165) is 17.1 Å². The van der Waals surface area contributed by atoms with Gasteiger partial charge in [0, 0.05) is 11.3 Å². The fourth-order valence-corrected chi connectivity index (χ4v) is 2.75. The topological polar surface area (TPSA) is 26.3 Å². The van der Waals surface area contributed by atoms with Gasteiger partial charge < -0.3 is 4.74 Å². The van der Waals surface area contributed by atoms with Gasteiger partial charge in [-0.15, -0.1) is 11.8 Å². The van der Waals surface area contributed by atoms with Crippen LogP contribution in [0.25, 0.3) is 0 Å². The summed E-state index contributed by atoms with van der Waals surface area (Å²) in [7, 11) is 1.65. The second-order valence-electron chi connectivity index (χ2n) is 4.99. The molecule has 0 unspecified atom stereocenters. The van der Waals surface area contributed by atoms with Gasteiger partial charge in [0.15, 0.2) is 0 Å². The average Bonchev–Trinajstić information content (AvgIpc) is 2.53. The minimum Gasteiger partial charge on any atom is -0.497 e. The largest absolute Gasteiger partial charge is 0.497 e. The maximum absolute atomic E-state index is 11.9. The van der Waals surface area contributed by atoms with E-state index in [0.29, 0.717) is 12.2 Å². The molecule has 0 saturated heterocycles. The number of hydrogen-bond donors (Lipinski definition) is 0. The quantitative estimate of drug-likeness (QED) is 0.713. The number of rotatable bonds is 7. The van der Waals surface area contributed by atoms with Gasteiger partial charge in [0.2, 0.25) is 0 Å². The van der Waals surface area contributed by atoms with Crippen LogP contribution in [0.5, 0.6) is 5.75 Å². The molecule has 2 rings (SSSR count). The summed E-state index contributed by atoms with van der Waals surface area (Å²) in [5.74, 6) is 1.68. The van der Waals surface area contributed by atoms with Crippen LogP contribution in [-0.2, 0) is 11.2 Å². The van der Waals surface area contributed by atoms with Crippen LogP contribution >= 0.6 is 11.8 Å². The summed E-state index contributed by atoms with van der Waals surface area (Å²) in [6.45, 7) is 2.06. The maximum atomic E-state index is 11.9. The summed E-state index contributed by atoms with van der Waals surface area (Å²) in [4.78, 5) is 13.1. The Balaban J connectivity index is 1.75. The molecule has 21 heavy (non-hydrogen) atoms. The molecule has 0 radical (unpaired) electrons. The van der Waals surface area contributed by atoms with Crippen molar-refractivity contribution in [2.75, 3.05) is 12.9 Å². The summed E-state index contributed by atoms with van der Waals surface area (Å²) < 4.78 is 5.12. The monoisotopic (exact) mass is 300 g/mol. The highest BCUT2D eigenvalue weighted by Gasteiger charge is 2.04. The SMILES string of the molecule is COc1ccc(CCC(=O)CSc2ccc(C)cc2)cc1. The third-order valence-electron chi connectivity index (χ3n) is 3.27. The lowest BCUT2D eigenvalue weighted by Gasteiger charge is -2.04. The van der Waals surface area contributed by atoms with Crippen molar-refractivity contribution in [2.24, 2.45) is 0 Å². The molecule has 0 aliphatic heterocycles. The van der Waals surface area contributed by atoms with Crippen LogP contribution in [0.2, 0.25) is 0 Å². The first kappa shape index (κ1) is 15.6. The predicted octanol–water partition coefficient (Wildman–Crippen LogP) is 4.30. The zero-order valence-electron chi connectivity index (χ0n) is 12.5. The second-order valence-corrected chi connectivity index (χ2v) is 6.04. The lowest BCUT2D eigenvalue weighted by molar-refractivity contribution is -0.116. The Hall–Kier alpha value is -1.74. The molecule has 0 aliphatic carbocycles. The van der Waals surface area contributed by atoms with E-state index in [1.807, 2.05) is 24.3 Å². The molecule has 0 heterocycles.